The lowest BCUT2D eigenvalue weighted by atomic mass is 9.93. The molecular formula is C11H22O2. The summed E-state index contributed by atoms with van der Waals surface area (Å²) in [5.41, 5.74) is 0. The molecule has 13 heavy (non-hydrogen) atoms. The first-order valence-electron chi connectivity index (χ1n) is 5.63. The van der Waals surface area contributed by atoms with Crippen molar-refractivity contribution in [3.63, 3.8) is 0 Å². The summed E-state index contributed by atoms with van der Waals surface area (Å²) in [5, 5.41) is 9.70. The SMILES string of the molecule is CCCC[C@@H]1O[C@H](CCCC)C1O. The van der Waals surface area contributed by atoms with Gasteiger partial charge in [-0.05, 0) is 12.8 Å². The Morgan fingerprint density at radius 1 is 1.00 bits per heavy atom. The average molecular weight is 186 g/mol. The first-order valence-corrected chi connectivity index (χ1v) is 5.63. The summed E-state index contributed by atoms with van der Waals surface area (Å²) in [7, 11) is 0. The predicted octanol–water partition coefficient (Wildman–Crippen LogP) is 2.50. The first kappa shape index (κ1) is 11.0. The van der Waals surface area contributed by atoms with Gasteiger partial charge in [-0.3, -0.25) is 0 Å². The molecule has 1 N–H and O–H groups in total. The minimum Gasteiger partial charge on any atom is -0.388 e. The molecule has 3 atom stereocenters. The summed E-state index contributed by atoms with van der Waals surface area (Å²) in [6.07, 6.45) is 6.87. The van der Waals surface area contributed by atoms with Gasteiger partial charge in [0.25, 0.3) is 0 Å². The van der Waals surface area contributed by atoms with Gasteiger partial charge < -0.3 is 9.84 Å². The maximum absolute atomic E-state index is 9.70. The number of ether oxygens (including phenoxy) is 1. The van der Waals surface area contributed by atoms with Gasteiger partial charge in [-0.25, -0.2) is 0 Å². The summed E-state index contributed by atoms with van der Waals surface area (Å²) in [4.78, 5) is 0. The van der Waals surface area contributed by atoms with E-state index in [1.807, 2.05) is 0 Å². The lowest BCUT2D eigenvalue weighted by Gasteiger charge is -2.41. The van der Waals surface area contributed by atoms with Crippen LogP contribution in [0.4, 0.5) is 0 Å². The lowest BCUT2D eigenvalue weighted by molar-refractivity contribution is -0.225. The molecule has 0 bridgehead atoms. The largest absolute Gasteiger partial charge is 0.388 e. The van der Waals surface area contributed by atoms with E-state index in [1.54, 1.807) is 0 Å². The molecule has 2 heteroatoms. The number of rotatable bonds is 6. The van der Waals surface area contributed by atoms with Gasteiger partial charge in [0.05, 0.1) is 12.2 Å². The van der Waals surface area contributed by atoms with Gasteiger partial charge in [0.2, 0.25) is 0 Å². The maximum atomic E-state index is 9.70. The van der Waals surface area contributed by atoms with Crippen molar-refractivity contribution in [3.05, 3.63) is 0 Å². The highest BCUT2D eigenvalue weighted by Gasteiger charge is 2.39. The molecule has 0 aliphatic carbocycles. The molecule has 0 spiro atoms. The Kier molecular flexibility index (Phi) is 4.74. The van der Waals surface area contributed by atoms with Crippen LogP contribution < -0.4 is 0 Å². The maximum Gasteiger partial charge on any atom is 0.106 e. The Hall–Kier alpha value is -0.0800. The Labute approximate surface area is 81.3 Å². The number of hydrogen-bond donors (Lipinski definition) is 1. The zero-order chi connectivity index (χ0) is 9.68. The van der Waals surface area contributed by atoms with Crippen molar-refractivity contribution in [2.45, 2.75) is 70.7 Å². The van der Waals surface area contributed by atoms with Crippen molar-refractivity contribution in [2.75, 3.05) is 0 Å². The van der Waals surface area contributed by atoms with E-state index < -0.39 is 0 Å². The van der Waals surface area contributed by atoms with Crippen molar-refractivity contribution in [2.24, 2.45) is 0 Å². The van der Waals surface area contributed by atoms with Gasteiger partial charge in [0.1, 0.15) is 6.10 Å². The molecule has 0 radical (unpaired) electrons. The Bertz CT molecular complexity index is 122. The quantitative estimate of drug-likeness (QED) is 0.690. The lowest BCUT2D eigenvalue weighted by Crippen LogP contribution is -2.53. The molecule has 1 saturated heterocycles. The molecule has 0 aromatic carbocycles. The van der Waals surface area contributed by atoms with E-state index in [0.717, 1.165) is 12.8 Å². The van der Waals surface area contributed by atoms with Crippen molar-refractivity contribution < 1.29 is 9.84 Å². The highest BCUT2D eigenvalue weighted by Crippen LogP contribution is 2.28. The number of unbranched alkanes of at least 4 members (excludes halogenated alkanes) is 2. The van der Waals surface area contributed by atoms with E-state index in [2.05, 4.69) is 13.8 Å². The van der Waals surface area contributed by atoms with Crippen molar-refractivity contribution in [1.82, 2.24) is 0 Å². The second-order valence-electron chi connectivity index (χ2n) is 3.99. The first-order chi connectivity index (χ1) is 6.29. The molecule has 1 fully saturated rings. The van der Waals surface area contributed by atoms with Crippen LogP contribution in [-0.4, -0.2) is 23.4 Å². The van der Waals surface area contributed by atoms with Crippen LogP contribution >= 0.6 is 0 Å². The molecule has 1 unspecified atom stereocenters. The second kappa shape index (κ2) is 5.61. The molecule has 1 heterocycles. The topological polar surface area (TPSA) is 29.5 Å². The van der Waals surface area contributed by atoms with Gasteiger partial charge in [0.15, 0.2) is 0 Å². The fourth-order valence-electron chi connectivity index (χ4n) is 1.82. The highest BCUT2D eigenvalue weighted by atomic mass is 16.6. The van der Waals surface area contributed by atoms with E-state index in [0.29, 0.717) is 0 Å². The summed E-state index contributed by atoms with van der Waals surface area (Å²) >= 11 is 0. The summed E-state index contributed by atoms with van der Waals surface area (Å²) in [6, 6.07) is 0. The molecule has 78 valence electrons. The molecule has 1 aliphatic heterocycles. The average Bonchev–Trinajstić information content (AvgIpc) is 2.15. The van der Waals surface area contributed by atoms with Gasteiger partial charge in [-0.2, -0.15) is 0 Å². The zero-order valence-electron chi connectivity index (χ0n) is 8.83. The smallest absolute Gasteiger partial charge is 0.106 e. The Morgan fingerprint density at radius 3 is 1.77 bits per heavy atom. The molecule has 2 nitrogen and oxygen atoms in total. The summed E-state index contributed by atoms with van der Waals surface area (Å²) < 4.78 is 5.61. The monoisotopic (exact) mass is 186 g/mol. The van der Waals surface area contributed by atoms with Crippen LogP contribution in [0, 0.1) is 0 Å². The molecule has 1 aliphatic rings. The zero-order valence-corrected chi connectivity index (χ0v) is 8.83. The molecule has 0 aromatic rings. The van der Waals surface area contributed by atoms with Crippen LogP contribution in [0.3, 0.4) is 0 Å². The fourth-order valence-corrected chi connectivity index (χ4v) is 1.82. The van der Waals surface area contributed by atoms with Gasteiger partial charge in [0, 0.05) is 0 Å². The van der Waals surface area contributed by atoms with Crippen LogP contribution in [0.1, 0.15) is 52.4 Å². The molecular weight excluding hydrogens is 164 g/mol. The minimum absolute atomic E-state index is 0.141. The third-order valence-corrected chi connectivity index (χ3v) is 2.80. The van der Waals surface area contributed by atoms with E-state index in [1.165, 1.54) is 25.7 Å². The van der Waals surface area contributed by atoms with Gasteiger partial charge in [-0.15, -0.1) is 0 Å². The third kappa shape index (κ3) is 2.96. The fraction of sp³-hybridized carbons (Fsp3) is 1.00. The number of aliphatic hydroxyl groups is 1. The predicted molar refractivity (Wildman–Crippen MR) is 53.7 cm³/mol. The molecule has 0 amide bonds. The second-order valence-corrected chi connectivity index (χ2v) is 3.99. The van der Waals surface area contributed by atoms with Crippen LogP contribution in [0.15, 0.2) is 0 Å². The van der Waals surface area contributed by atoms with Crippen molar-refractivity contribution >= 4 is 0 Å². The summed E-state index contributed by atoms with van der Waals surface area (Å²) in [5.74, 6) is 0. The molecule has 1 rings (SSSR count). The van der Waals surface area contributed by atoms with E-state index in [4.69, 9.17) is 4.74 Å². The Morgan fingerprint density at radius 2 is 1.46 bits per heavy atom. The van der Waals surface area contributed by atoms with Crippen molar-refractivity contribution in [3.8, 4) is 0 Å². The Balaban J connectivity index is 2.07. The molecule has 0 saturated carbocycles. The van der Waals surface area contributed by atoms with Crippen LogP contribution in [0.5, 0.6) is 0 Å². The highest BCUT2D eigenvalue weighted by molar-refractivity contribution is 4.87. The number of hydrogen-bond acceptors (Lipinski definition) is 2. The summed E-state index contributed by atoms with van der Waals surface area (Å²) in [6.45, 7) is 4.33. The molecule has 0 aromatic heterocycles. The third-order valence-electron chi connectivity index (χ3n) is 2.80. The van der Waals surface area contributed by atoms with E-state index >= 15 is 0 Å². The van der Waals surface area contributed by atoms with E-state index in [-0.39, 0.29) is 18.3 Å². The normalized spacial score (nSPS) is 33.0. The van der Waals surface area contributed by atoms with Crippen molar-refractivity contribution in [1.29, 1.82) is 0 Å². The van der Waals surface area contributed by atoms with Gasteiger partial charge in [-0.1, -0.05) is 39.5 Å². The van der Waals surface area contributed by atoms with Crippen LogP contribution in [0.2, 0.25) is 0 Å². The van der Waals surface area contributed by atoms with E-state index in [9.17, 15) is 5.11 Å². The van der Waals surface area contributed by atoms with Gasteiger partial charge >= 0.3 is 0 Å². The van der Waals surface area contributed by atoms with Crippen LogP contribution in [0.25, 0.3) is 0 Å². The minimum atomic E-state index is -0.182. The standard InChI is InChI=1S/C11H22O2/c1-3-5-7-9-11(12)10(13-9)8-6-4-2/h9-12H,3-8H2,1-2H3/t9-,10+,11?. The number of aliphatic hydroxyl groups excluding tert-OH is 1. The van der Waals surface area contributed by atoms with Crippen LogP contribution in [-0.2, 0) is 4.74 Å².